The second kappa shape index (κ2) is 27.6. The zero-order chi connectivity index (χ0) is 32.9. The van der Waals surface area contributed by atoms with E-state index < -0.39 is 42.3 Å². The average Bonchev–Trinajstić information content (AvgIpc) is 2.98. The molecular weight excluding hydrogens is 562 g/mol. The first-order chi connectivity index (χ1) is 21.2. The maximum absolute atomic E-state index is 13.5. The Morgan fingerprint density at radius 2 is 0.977 bits per heavy atom. The molecule has 0 rings (SSSR count). The molecule has 0 aromatic carbocycles. The third kappa shape index (κ3) is 22.6. The molecule has 252 valence electrons. The second-order valence-electron chi connectivity index (χ2n) is 11.2. The summed E-state index contributed by atoms with van der Waals surface area (Å²) in [6.07, 6.45) is 21.9. The highest BCUT2D eigenvalue weighted by atomic mass is 16.6. The van der Waals surface area contributed by atoms with Crippen LogP contribution in [0.4, 0.5) is 0 Å². The number of nitrogens with zero attached hydrogens (tertiary/aromatic N) is 1. The minimum atomic E-state index is -2.22. The van der Waals surface area contributed by atoms with E-state index in [1.165, 1.54) is 0 Å². The fraction of sp³-hybridized carbons (Fsp3) is 0.714. The number of allylic oxidation sites excluding steroid dienone is 3. The highest BCUT2D eigenvalue weighted by molar-refractivity contribution is 5.92. The predicted molar refractivity (Wildman–Crippen MR) is 174 cm³/mol. The van der Waals surface area contributed by atoms with Crippen LogP contribution in [0.25, 0.3) is 0 Å². The summed E-state index contributed by atoms with van der Waals surface area (Å²) in [5.74, 6) is -3.32. The largest absolute Gasteiger partial charge is 0.461 e. The van der Waals surface area contributed by atoms with Crippen molar-refractivity contribution in [2.24, 2.45) is 0 Å². The molecule has 9 nitrogen and oxygen atoms in total. The molecule has 44 heavy (non-hydrogen) atoms. The molecule has 0 saturated heterocycles. The van der Waals surface area contributed by atoms with E-state index in [1.54, 1.807) is 37.2 Å². The van der Waals surface area contributed by atoms with E-state index in [0.717, 1.165) is 77.0 Å². The summed E-state index contributed by atoms with van der Waals surface area (Å²) in [5, 5.41) is 0. The van der Waals surface area contributed by atoms with Gasteiger partial charge in [0.25, 0.3) is 0 Å². The zero-order valence-electron chi connectivity index (χ0n) is 28.1. The van der Waals surface area contributed by atoms with Gasteiger partial charge in [-0.1, -0.05) is 95.8 Å². The minimum Gasteiger partial charge on any atom is -0.461 e. The molecule has 0 aliphatic heterocycles. The Labute approximate surface area is 266 Å². The lowest BCUT2D eigenvalue weighted by Gasteiger charge is -2.29. The van der Waals surface area contributed by atoms with Gasteiger partial charge in [-0.25, -0.2) is 4.79 Å². The Morgan fingerprint density at radius 1 is 0.568 bits per heavy atom. The number of rotatable bonds is 27. The van der Waals surface area contributed by atoms with E-state index in [9.17, 15) is 19.2 Å². The Bertz CT molecular complexity index is 840. The van der Waals surface area contributed by atoms with Crippen molar-refractivity contribution in [2.75, 3.05) is 40.5 Å². The fourth-order valence-corrected chi connectivity index (χ4v) is 4.10. The van der Waals surface area contributed by atoms with E-state index in [-0.39, 0.29) is 26.2 Å². The number of ether oxygens (including phenoxy) is 4. The van der Waals surface area contributed by atoms with Crippen LogP contribution in [0, 0.1) is 0 Å². The fourth-order valence-electron chi connectivity index (χ4n) is 4.10. The molecule has 0 aliphatic carbocycles. The Balaban J connectivity index is 5.76. The number of hydrogen-bond acceptors (Lipinski definition) is 9. The van der Waals surface area contributed by atoms with Gasteiger partial charge in [-0.3, -0.25) is 14.4 Å². The Kier molecular flexibility index (Phi) is 25.8. The molecule has 0 aromatic rings. The SMILES string of the molecule is CCCCC/C=C/COC(=O)CC(CC(=O)OC/C=C/CCCCC)(OC(=O)CCN(C)C)C(=O)OC/C=C/CCCCC. The summed E-state index contributed by atoms with van der Waals surface area (Å²) >= 11 is 0. The van der Waals surface area contributed by atoms with E-state index in [4.69, 9.17) is 18.9 Å². The first-order valence-electron chi connectivity index (χ1n) is 16.5. The molecule has 0 aromatic heterocycles. The molecule has 0 amide bonds. The van der Waals surface area contributed by atoms with Crippen LogP contribution in [0.15, 0.2) is 36.5 Å². The van der Waals surface area contributed by atoms with Gasteiger partial charge in [-0.15, -0.1) is 0 Å². The van der Waals surface area contributed by atoms with E-state index in [0.29, 0.717) is 6.54 Å². The van der Waals surface area contributed by atoms with E-state index in [1.807, 2.05) is 18.2 Å². The second-order valence-corrected chi connectivity index (χ2v) is 11.2. The molecule has 0 unspecified atom stereocenters. The van der Waals surface area contributed by atoms with Crippen molar-refractivity contribution in [3.05, 3.63) is 36.5 Å². The first kappa shape index (κ1) is 41.1. The van der Waals surface area contributed by atoms with Crippen molar-refractivity contribution in [3.8, 4) is 0 Å². The van der Waals surface area contributed by atoms with E-state index in [2.05, 4.69) is 20.8 Å². The highest BCUT2D eigenvalue weighted by Gasteiger charge is 2.49. The van der Waals surface area contributed by atoms with Crippen LogP contribution in [0.3, 0.4) is 0 Å². The van der Waals surface area contributed by atoms with Crippen molar-refractivity contribution in [3.63, 3.8) is 0 Å². The lowest BCUT2D eigenvalue weighted by atomic mass is 9.94. The first-order valence-corrected chi connectivity index (χ1v) is 16.5. The van der Waals surface area contributed by atoms with Crippen LogP contribution in [-0.2, 0) is 38.1 Å². The van der Waals surface area contributed by atoms with Gasteiger partial charge < -0.3 is 23.8 Å². The summed E-state index contributed by atoms with van der Waals surface area (Å²) in [7, 11) is 3.59. The van der Waals surface area contributed by atoms with Crippen LogP contribution in [0.1, 0.15) is 117 Å². The van der Waals surface area contributed by atoms with Crippen molar-refractivity contribution < 1.29 is 38.1 Å². The monoisotopic (exact) mass is 621 g/mol. The van der Waals surface area contributed by atoms with Crippen LogP contribution in [0.5, 0.6) is 0 Å². The van der Waals surface area contributed by atoms with E-state index >= 15 is 0 Å². The third-order valence-electron chi connectivity index (χ3n) is 6.72. The number of hydrogen-bond donors (Lipinski definition) is 0. The molecule has 0 fully saturated rings. The van der Waals surface area contributed by atoms with Crippen LogP contribution < -0.4 is 0 Å². The van der Waals surface area contributed by atoms with Crippen LogP contribution in [0.2, 0.25) is 0 Å². The van der Waals surface area contributed by atoms with Crippen molar-refractivity contribution >= 4 is 23.9 Å². The molecule has 0 saturated carbocycles. The molecule has 0 aliphatic rings. The van der Waals surface area contributed by atoms with Gasteiger partial charge in [0.2, 0.25) is 5.60 Å². The van der Waals surface area contributed by atoms with Gasteiger partial charge in [0.05, 0.1) is 19.3 Å². The molecule has 9 heteroatoms. The van der Waals surface area contributed by atoms with Gasteiger partial charge in [0, 0.05) is 6.54 Å². The molecule has 0 N–H and O–H groups in total. The topological polar surface area (TPSA) is 108 Å². The number of carbonyl (C=O) groups excluding carboxylic acids is 4. The maximum atomic E-state index is 13.5. The number of esters is 4. The number of unbranched alkanes of at least 4 members (excludes halogenated alkanes) is 9. The van der Waals surface area contributed by atoms with Gasteiger partial charge >= 0.3 is 23.9 Å². The summed E-state index contributed by atoms with van der Waals surface area (Å²) < 4.78 is 21.8. The summed E-state index contributed by atoms with van der Waals surface area (Å²) in [4.78, 5) is 54.1. The van der Waals surface area contributed by atoms with Crippen molar-refractivity contribution in [1.82, 2.24) is 4.90 Å². The molecule has 0 bridgehead atoms. The highest BCUT2D eigenvalue weighted by Crippen LogP contribution is 2.26. The van der Waals surface area contributed by atoms with Crippen molar-refractivity contribution in [2.45, 2.75) is 123 Å². The molecule has 0 radical (unpaired) electrons. The van der Waals surface area contributed by atoms with Crippen LogP contribution in [-0.4, -0.2) is 74.8 Å². The molecular formula is C35H59NO8. The lowest BCUT2D eigenvalue weighted by molar-refractivity contribution is -0.190. The summed E-state index contributed by atoms with van der Waals surface area (Å²) in [5.41, 5.74) is -2.22. The Morgan fingerprint density at radius 3 is 1.36 bits per heavy atom. The summed E-state index contributed by atoms with van der Waals surface area (Å²) in [6, 6.07) is 0. The number of carbonyl (C=O) groups is 4. The lowest BCUT2D eigenvalue weighted by Crippen LogP contribution is -2.49. The molecule has 0 spiro atoms. The molecule has 0 heterocycles. The Hall–Kier alpha value is -2.94. The van der Waals surface area contributed by atoms with Crippen LogP contribution >= 0.6 is 0 Å². The zero-order valence-corrected chi connectivity index (χ0v) is 28.1. The summed E-state index contributed by atoms with van der Waals surface area (Å²) in [6.45, 7) is 6.63. The minimum absolute atomic E-state index is 0.00156. The normalized spacial score (nSPS) is 12.0. The van der Waals surface area contributed by atoms with Crippen molar-refractivity contribution in [1.29, 1.82) is 0 Å². The quantitative estimate of drug-likeness (QED) is 0.0413. The van der Waals surface area contributed by atoms with Gasteiger partial charge in [0.1, 0.15) is 19.8 Å². The van der Waals surface area contributed by atoms with Gasteiger partial charge in [-0.05, 0) is 52.6 Å². The third-order valence-corrected chi connectivity index (χ3v) is 6.72. The standard InChI is InChI=1S/C35H59NO8/c1-6-9-12-15-18-21-26-41-32(38)29-35(44-31(37)24-25-36(4)5,34(40)43-28-23-20-17-14-11-8-3)30-33(39)42-27-22-19-16-13-10-7-2/h18-23H,6-17,24-30H2,1-5H3/b21-18+,22-19+,23-20+. The van der Waals surface area contributed by atoms with Gasteiger partial charge in [0.15, 0.2) is 0 Å². The molecule has 0 atom stereocenters. The maximum Gasteiger partial charge on any atom is 0.352 e. The smallest absolute Gasteiger partial charge is 0.352 e. The van der Waals surface area contributed by atoms with Gasteiger partial charge in [-0.2, -0.15) is 0 Å². The predicted octanol–water partition coefficient (Wildman–Crippen LogP) is 7.04. The average molecular weight is 622 g/mol.